The van der Waals surface area contributed by atoms with E-state index in [9.17, 15) is 23.2 Å². The first kappa shape index (κ1) is 19.0. The average Bonchev–Trinajstić information content (AvgIpc) is 2.60. The Balaban J connectivity index is 2.19. The van der Waals surface area contributed by atoms with Gasteiger partial charge >= 0.3 is 5.97 Å². The van der Waals surface area contributed by atoms with Gasteiger partial charge in [0.1, 0.15) is 23.9 Å². The van der Waals surface area contributed by atoms with Gasteiger partial charge in [-0.05, 0) is 30.3 Å². The molecule has 0 aromatic heterocycles. The topological polar surface area (TPSA) is 75.7 Å². The van der Waals surface area contributed by atoms with Crippen LogP contribution in [0.4, 0.5) is 20.2 Å². The molecule has 26 heavy (non-hydrogen) atoms. The van der Waals surface area contributed by atoms with Crippen molar-refractivity contribution in [3.05, 3.63) is 59.7 Å². The lowest BCUT2D eigenvalue weighted by atomic mass is 10.2. The third-order valence-electron chi connectivity index (χ3n) is 3.46. The lowest BCUT2D eigenvalue weighted by molar-refractivity contribution is -0.120. The van der Waals surface area contributed by atoms with E-state index in [0.29, 0.717) is 4.90 Å². The Morgan fingerprint density at radius 3 is 2.27 bits per heavy atom. The van der Waals surface area contributed by atoms with E-state index in [-0.39, 0.29) is 11.3 Å². The second kappa shape index (κ2) is 8.19. The Morgan fingerprint density at radius 1 is 1.08 bits per heavy atom. The number of nitrogens with one attached hydrogen (secondary N) is 1. The second-order valence-corrected chi connectivity index (χ2v) is 5.30. The molecule has 2 aromatic rings. The van der Waals surface area contributed by atoms with Crippen molar-refractivity contribution in [1.82, 2.24) is 0 Å². The molecule has 2 rings (SSSR count). The summed E-state index contributed by atoms with van der Waals surface area (Å²) in [6.45, 7) is 0.493. The number of ether oxygens (including phenoxy) is 1. The summed E-state index contributed by atoms with van der Waals surface area (Å²) in [5, 5.41) is 2.47. The number of amides is 2. The van der Waals surface area contributed by atoms with Gasteiger partial charge in [-0.15, -0.1) is 0 Å². The van der Waals surface area contributed by atoms with Crippen LogP contribution in [-0.4, -0.2) is 31.4 Å². The van der Waals surface area contributed by atoms with E-state index in [1.54, 1.807) is 0 Å². The highest BCUT2D eigenvalue weighted by molar-refractivity contribution is 6.02. The standard InChI is InChI=1S/C18H16F2N2O4/c1-11(23)22(17-14(19)7-4-8-15(17)20)10-16(24)21-13-6-3-5-12(9-13)18(25)26-2/h3-9H,10H2,1-2H3,(H,21,24). The number of anilines is 2. The number of rotatable bonds is 5. The minimum atomic E-state index is -0.958. The van der Waals surface area contributed by atoms with Gasteiger partial charge in [-0.1, -0.05) is 12.1 Å². The molecule has 136 valence electrons. The van der Waals surface area contributed by atoms with Crippen molar-refractivity contribution in [2.24, 2.45) is 0 Å². The molecule has 0 unspecified atom stereocenters. The summed E-state index contributed by atoms with van der Waals surface area (Å²) in [7, 11) is 1.22. The molecule has 0 heterocycles. The number of nitrogens with zero attached hydrogens (tertiary/aromatic N) is 1. The third kappa shape index (κ3) is 4.41. The summed E-state index contributed by atoms with van der Waals surface area (Å²) in [6, 6.07) is 9.07. The number of methoxy groups -OCH3 is 1. The Hall–Kier alpha value is -3.29. The normalized spacial score (nSPS) is 10.2. The highest BCUT2D eigenvalue weighted by Crippen LogP contribution is 2.23. The molecule has 0 aliphatic carbocycles. The van der Waals surface area contributed by atoms with Crippen molar-refractivity contribution in [3.8, 4) is 0 Å². The van der Waals surface area contributed by atoms with Crippen molar-refractivity contribution >= 4 is 29.2 Å². The molecule has 0 saturated carbocycles. The van der Waals surface area contributed by atoms with Gasteiger partial charge < -0.3 is 10.1 Å². The van der Waals surface area contributed by atoms with Gasteiger partial charge in [-0.3, -0.25) is 14.5 Å². The molecule has 1 N–H and O–H groups in total. The van der Waals surface area contributed by atoms with Crippen LogP contribution in [-0.2, 0) is 14.3 Å². The fourth-order valence-electron chi connectivity index (χ4n) is 2.28. The molecule has 0 fully saturated rings. The van der Waals surface area contributed by atoms with E-state index in [2.05, 4.69) is 10.1 Å². The van der Waals surface area contributed by atoms with Crippen molar-refractivity contribution < 1.29 is 27.9 Å². The predicted molar refractivity (Wildman–Crippen MR) is 90.8 cm³/mol. The van der Waals surface area contributed by atoms with Gasteiger partial charge in [-0.25, -0.2) is 13.6 Å². The lowest BCUT2D eigenvalue weighted by Crippen LogP contribution is -2.37. The van der Waals surface area contributed by atoms with Crippen molar-refractivity contribution in [3.63, 3.8) is 0 Å². The highest BCUT2D eigenvalue weighted by atomic mass is 19.1. The van der Waals surface area contributed by atoms with Gasteiger partial charge in [0.25, 0.3) is 0 Å². The smallest absolute Gasteiger partial charge is 0.337 e. The molecule has 0 radical (unpaired) electrons. The number of para-hydroxylation sites is 1. The second-order valence-electron chi connectivity index (χ2n) is 5.30. The maximum Gasteiger partial charge on any atom is 0.337 e. The fraction of sp³-hybridized carbons (Fsp3) is 0.167. The van der Waals surface area contributed by atoms with Crippen LogP contribution in [0.25, 0.3) is 0 Å². The summed E-state index contributed by atoms with van der Waals surface area (Å²) in [4.78, 5) is 36.2. The van der Waals surface area contributed by atoms with Crippen LogP contribution >= 0.6 is 0 Å². The van der Waals surface area contributed by atoms with Gasteiger partial charge in [0.2, 0.25) is 11.8 Å². The van der Waals surface area contributed by atoms with Crippen molar-refractivity contribution in [1.29, 1.82) is 0 Å². The average molecular weight is 362 g/mol. The van der Waals surface area contributed by atoms with Crippen LogP contribution in [0, 0.1) is 11.6 Å². The molecule has 0 aliphatic rings. The van der Waals surface area contributed by atoms with Crippen LogP contribution in [0.2, 0.25) is 0 Å². The summed E-state index contributed by atoms with van der Waals surface area (Å²) < 4.78 is 32.4. The van der Waals surface area contributed by atoms with Gasteiger partial charge in [0.05, 0.1) is 12.7 Å². The number of benzene rings is 2. The molecular weight excluding hydrogens is 346 g/mol. The van der Waals surface area contributed by atoms with Crippen LogP contribution < -0.4 is 10.2 Å². The summed E-state index contributed by atoms with van der Waals surface area (Å²) in [6.07, 6.45) is 0. The first-order valence-electron chi connectivity index (χ1n) is 7.54. The van der Waals surface area contributed by atoms with Gasteiger partial charge in [-0.2, -0.15) is 0 Å². The Morgan fingerprint density at radius 2 is 1.69 bits per heavy atom. The van der Waals surface area contributed by atoms with Crippen molar-refractivity contribution in [2.75, 3.05) is 23.9 Å². The van der Waals surface area contributed by atoms with Crippen molar-refractivity contribution in [2.45, 2.75) is 6.92 Å². The molecule has 8 heteroatoms. The molecule has 0 saturated heterocycles. The molecule has 0 spiro atoms. The van der Waals surface area contributed by atoms with E-state index in [0.717, 1.165) is 25.1 Å². The third-order valence-corrected chi connectivity index (χ3v) is 3.46. The fourth-order valence-corrected chi connectivity index (χ4v) is 2.28. The zero-order chi connectivity index (χ0) is 19.3. The number of hydrogen-bond acceptors (Lipinski definition) is 4. The summed E-state index contributed by atoms with van der Waals surface area (Å²) >= 11 is 0. The lowest BCUT2D eigenvalue weighted by Gasteiger charge is -2.21. The summed E-state index contributed by atoms with van der Waals surface area (Å²) in [5.41, 5.74) is -0.109. The zero-order valence-electron chi connectivity index (χ0n) is 14.1. The Labute approximate surface area is 148 Å². The maximum atomic E-state index is 13.9. The number of carbonyl (C=O) groups excluding carboxylic acids is 3. The predicted octanol–water partition coefficient (Wildman–Crippen LogP) is 2.74. The molecular formula is C18H16F2N2O4. The summed E-state index contributed by atoms with van der Waals surface area (Å²) in [5.74, 6) is -3.89. The Kier molecular flexibility index (Phi) is 6.00. The highest BCUT2D eigenvalue weighted by Gasteiger charge is 2.22. The molecule has 2 amide bonds. The first-order valence-corrected chi connectivity index (χ1v) is 7.54. The molecule has 0 aliphatic heterocycles. The van der Waals surface area contributed by atoms with E-state index < -0.39 is 41.7 Å². The number of hydrogen-bond donors (Lipinski definition) is 1. The monoisotopic (exact) mass is 362 g/mol. The van der Waals surface area contributed by atoms with Crippen LogP contribution in [0.15, 0.2) is 42.5 Å². The largest absolute Gasteiger partial charge is 0.465 e. The van der Waals surface area contributed by atoms with Crippen LogP contribution in [0.1, 0.15) is 17.3 Å². The quantitative estimate of drug-likeness (QED) is 0.830. The SMILES string of the molecule is COC(=O)c1cccc(NC(=O)CN(C(C)=O)c2c(F)cccc2F)c1. The minimum Gasteiger partial charge on any atom is -0.465 e. The Bertz CT molecular complexity index is 835. The number of carbonyl (C=O) groups is 3. The van der Waals surface area contributed by atoms with E-state index in [1.165, 1.54) is 31.4 Å². The van der Waals surface area contributed by atoms with Gasteiger partial charge in [0.15, 0.2) is 0 Å². The number of esters is 1. The maximum absolute atomic E-state index is 13.9. The molecule has 6 nitrogen and oxygen atoms in total. The van der Waals surface area contributed by atoms with E-state index >= 15 is 0 Å². The minimum absolute atomic E-state index is 0.217. The number of halogens is 2. The van der Waals surface area contributed by atoms with Gasteiger partial charge in [0, 0.05) is 12.6 Å². The first-order chi connectivity index (χ1) is 12.3. The molecule has 0 atom stereocenters. The van der Waals surface area contributed by atoms with Crippen LogP contribution in [0.3, 0.4) is 0 Å². The van der Waals surface area contributed by atoms with E-state index in [4.69, 9.17) is 0 Å². The van der Waals surface area contributed by atoms with E-state index in [1.807, 2.05) is 0 Å². The zero-order valence-corrected chi connectivity index (χ0v) is 14.1. The molecule has 0 bridgehead atoms. The van der Waals surface area contributed by atoms with Crippen LogP contribution in [0.5, 0.6) is 0 Å². The molecule has 2 aromatic carbocycles.